The van der Waals surface area contributed by atoms with Crippen molar-refractivity contribution < 1.29 is 14.6 Å². The lowest BCUT2D eigenvalue weighted by Crippen LogP contribution is -2.17. The first-order valence-corrected chi connectivity index (χ1v) is 4.05. The van der Waals surface area contributed by atoms with Crippen molar-refractivity contribution in [1.82, 2.24) is 0 Å². The van der Waals surface area contributed by atoms with Crippen molar-refractivity contribution in [2.45, 2.75) is 26.4 Å². The van der Waals surface area contributed by atoms with Gasteiger partial charge in [-0.25, -0.2) is 4.79 Å². The van der Waals surface area contributed by atoms with Crippen LogP contribution in [-0.4, -0.2) is 24.3 Å². The predicted molar refractivity (Wildman–Crippen MR) is 47.0 cm³/mol. The normalized spacial score (nSPS) is 16.2. The fraction of sp³-hybridized carbons (Fsp3) is 0.667. The fourth-order valence-corrected chi connectivity index (χ4v) is 1.11. The van der Waals surface area contributed by atoms with Crippen LogP contribution in [0.5, 0.6) is 0 Å². The van der Waals surface area contributed by atoms with E-state index < -0.39 is 5.97 Å². The van der Waals surface area contributed by atoms with Crippen LogP contribution in [-0.2, 0) is 9.53 Å². The van der Waals surface area contributed by atoms with Gasteiger partial charge in [-0.2, -0.15) is 0 Å². The summed E-state index contributed by atoms with van der Waals surface area (Å²) in [7, 11) is 1.64. The molecule has 0 bridgehead atoms. The average molecular weight is 172 g/mol. The monoisotopic (exact) mass is 172 g/mol. The van der Waals surface area contributed by atoms with Crippen LogP contribution in [0.15, 0.2) is 12.2 Å². The second-order valence-electron chi connectivity index (χ2n) is 2.74. The van der Waals surface area contributed by atoms with Crippen molar-refractivity contribution >= 4 is 5.97 Å². The molecule has 0 unspecified atom stereocenters. The first-order chi connectivity index (χ1) is 5.61. The van der Waals surface area contributed by atoms with Gasteiger partial charge in [-0.3, -0.25) is 0 Å². The minimum atomic E-state index is -0.909. The Kier molecular flexibility index (Phi) is 5.37. The molecule has 0 aromatic carbocycles. The summed E-state index contributed by atoms with van der Waals surface area (Å²) in [4.78, 5) is 10.2. The van der Waals surface area contributed by atoms with Crippen LogP contribution in [0.1, 0.15) is 20.3 Å². The zero-order valence-electron chi connectivity index (χ0n) is 7.78. The summed E-state index contributed by atoms with van der Waals surface area (Å²) < 4.78 is 5.15. The molecule has 2 atom stereocenters. The van der Waals surface area contributed by atoms with Gasteiger partial charge in [-0.05, 0) is 6.42 Å². The van der Waals surface area contributed by atoms with Crippen molar-refractivity contribution in [2.75, 3.05) is 7.11 Å². The SMILES string of the molecule is CC[C@H](OC)[C@@H](C)/C=C/C(=O)O. The Morgan fingerprint density at radius 2 is 2.25 bits per heavy atom. The minimum Gasteiger partial charge on any atom is -0.478 e. The number of ether oxygens (including phenoxy) is 1. The molecular weight excluding hydrogens is 156 g/mol. The third-order valence-corrected chi connectivity index (χ3v) is 1.83. The molecule has 0 radical (unpaired) electrons. The van der Waals surface area contributed by atoms with Crippen LogP contribution in [0.2, 0.25) is 0 Å². The molecule has 0 aromatic heterocycles. The minimum absolute atomic E-state index is 0.112. The van der Waals surface area contributed by atoms with Crippen molar-refractivity contribution in [1.29, 1.82) is 0 Å². The molecule has 12 heavy (non-hydrogen) atoms. The summed E-state index contributed by atoms with van der Waals surface area (Å²) in [5.41, 5.74) is 0. The lowest BCUT2D eigenvalue weighted by atomic mass is 10.0. The molecule has 3 nitrogen and oxygen atoms in total. The topological polar surface area (TPSA) is 46.5 Å². The smallest absolute Gasteiger partial charge is 0.327 e. The highest BCUT2D eigenvalue weighted by Crippen LogP contribution is 2.11. The third kappa shape index (κ3) is 4.13. The summed E-state index contributed by atoms with van der Waals surface area (Å²) >= 11 is 0. The maximum Gasteiger partial charge on any atom is 0.327 e. The third-order valence-electron chi connectivity index (χ3n) is 1.83. The van der Waals surface area contributed by atoms with Gasteiger partial charge >= 0.3 is 5.97 Å². The van der Waals surface area contributed by atoms with Gasteiger partial charge in [0.2, 0.25) is 0 Å². The second kappa shape index (κ2) is 5.77. The molecule has 0 heterocycles. The van der Waals surface area contributed by atoms with Crippen molar-refractivity contribution in [3.63, 3.8) is 0 Å². The molecule has 0 fully saturated rings. The molecule has 0 amide bonds. The number of carboxylic acids is 1. The molecule has 1 N–H and O–H groups in total. The lowest BCUT2D eigenvalue weighted by molar-refractivity contribution is -0.131. The number of carboxylic acid groups (broad SMARTS) is 1. The molecule has 0 aliphatic heterocycles. The van der Waals surface area contributed by atoms with Crippen molar-refractivity contribution in [2.24, 2.45) is 5.92 Å². The van der Waals surface area contributed by atoms with Gasteiger partial charge in [0.05, 0.1) is 6.10 Å². The van der Waals surface area contributed by atoms with Gasteiger partial charge in [0, 0.05) is 19.1 Å². The first-order valence-electron chi connectivity index (χ1n) is 4.05. The molecular formula is C9H16O3. The highest BCUT2D eigenvalue weighted by atomic mass is 16.5. The number of rotatable bonds is 5. The first kappa shape index (κ1) is 11.2. The molecule has 3 heteroatoms. The highest BCUT2D eigenvalue weighted by molar-refractivity contribution is 5.79. The Balaban J connectivity index is 3.99. The van der Waals surface area contributed by atoms with E-state index in [1.807, 2.05) is 13.8 Å². The molecule has 0 aliphatic rings. The van der Waals surface area contributed by atoms with Gasteiger partial charge < -0.3 is 9.84 Å². The van der Waals surface area contributed by atoms with E-state index in [9.17, 15) is 4.79 Å². The van der Waals surface area contributed by atoms with E-state index in [1.54, 1.807) is 13.2 Å². The van der Waals surface area contributed by atoms with Crippen LogP contribution >= 0.6 is 0 Å². The number of aliphatic carboxylic acids is 1. The second-order valence-corrected chi connectivity index (χ2v) is 2.74. The van der Waals surface area contributed by atoms with Crippen LogP contribution in [0.4, 0.5) is 0 Å². The van der Waals surface area contributed by atoms with Gasteiger partial charge in [-0.15, -0.1) is 0 Å². The highest BCUT2D eigenvalue weighted by Gasteiger charge is 2.11. The Morgan fingerprint density at radius 3 is 2.58 bits per heavy atom. The zero-order valence-corrected chi connectivity index (χ0v) is 7.78. The van der Waals surface area contributed by atoms with Crippen LogP contribution in [0.3, 0.4) is 0 Å². The Labute approximate surface area is 73.0 Å². The summed E-state index contributed by atoms with van der Waals surface area (Å²) in [5.74, 6) is -0.760. The molecule has 0 saturated heterocycles. The molecule has 0 rings (SSSR count). The molecule has 70 valence electrons. The Bertz CT molecular complexity index is 159. The predicted octanol–water partition coefficient (Wildman–Crippen LogP) is 1.69. The van der Waals surface area contributed by atoms with E-state index in [0.29, 0.717) is 0 Å². The molecule has 0 spiro atoms. The van der Waals surface area contributed by atoms with Crippen LogP contribution < -0.4 is 0 Å². The summed E-state index contributed by atoms with van der Waals surface area (Å²) in [6.45, 7) is 3.95. The van der Waals surface area contributed by atoms with E-state index >= 15 is 0 Å². The number of hydrogen-bond acceptors (Lipinski definition) is 2. The quantitative estimate of drug-likeness (QED) is 0.642. The van der Waals surface area contributed by atoms with Gasteiger partial charge in [0.1, 0.15) is 0 Å². The zero-order chi connectivity index (χ0) is 9.56. The summed E-state index contributed by atoms with van der Waals surface area (Å²) in [6.07, 6.45) is 3.81. The fourth-order valence-electron chi connectivity index (χ4n) is 1.11. The van der Waals surface area contributed by atoms with E-state index in [1.165, 1.54) is 0 Å². The van der Waals surface area contributed by atoms with E-state index in [2.05, 4.69) is 0 Å². The van der Waals surface area contributed by atoms with E-state index in [4.69, 9.17) is 9.84 Å². The van der Waals surface area contributed by atoms with Crippen molar-refractivity contribution in [3.8, 4) is 0 Å². The number of hydrogen-bond donors (Lipinski definition) is 1. The maximum atomic E-state index is 10.2. The summed E-state index contributed by atoms with van der Waals surface area (Å²) in [6, 6.07) is 0. The van der Waals surface area contributed by atoms with Gasteiger partial charge in [-0.1, -0.05) is 19.9 Å². The van der Waals surface area contributed by atoms with Crippen LogP contribution in [0, 0.1) is 5.92 Å². The molecule has 0 aromatic rings. The number of carbonyl (C=O) groups is 1. The molecule has 0 saturated carbocycles. The van der Waals surface area contributed by atoms with Gasteiger partial charge in [0.25, 0.3) is 0 Å². The maximum absolute atomic E-state index is 10.2. The Morgan fingerprint density at radius 1 is 1.67 bits per heavy atom. The average Bonchev–Trinajstić information content (AvgIpc) is 2.03. The largest absolute Gasteiger partial charge is 0.478 e. The lowest BCUT2D eigenvalue weighted by Gasteiger charge is -2.17. The summed E-state index contributed by atoms with van der Waals surface area (Å²) in [5, 5.41) is 8.36. The standard InChI is InChI=1S/C9H16O3/c1-4-8(12-3)7(2)5-6-9(10)11/h5-8H,4H2,1-3H3,(H,10,11)/b6-5+/t7-,8-/m0/s1. The van der Waals surface area contributed by atoms with Crippen LogP contribution in [0.25, 0.3) is 0 Å². The molecule has 0 aliphatic carbocycles. The van der Waals surface area contributed by atoms with Crippen molar-refractivity contribution in [3.05, 3.63) is 12.2 Å². The Hall–Kier alpha value is -0.830. The van der Waals surface area contributed by atoms with E-state index in [0.717, 1.165) is 12.5 Å². The van der Waals surface area contributed by atoms with Gasteiger partial charge in [0.15, 0.2) is 0 Å². The van der Waals surface area contributed by atoms with E-state index in [-0.39, 0.29) is 12.0 Å². The number of methoxy groups -OCH3 is 1.